The summed E-state index contributed by atoms with van der Waals surface area (Å²) in [4.78, 5) is 21.8. The fourth-order valence-electron chi connectivity index (χ4n) is 1.82. The lowest BCUT2D eigenvalue weighted by atomic mass is 10.2. The molecular formula is C13H13N3O4. The van der Waals surface area contributed by atoms with Crippen LogP contribution < -0.4 is 15.4 Å². The molecule has 0 aliphatic carbocycles. The Kier molecular flexibility index (Phi) is 4.05. The summed E-state index contributed by atoms with van der Waals surface area (Å²) in [6.45, 7) is 0.373. The molecule has 0 unspecified atom stereocenters. The number of nitrogens with zero attached hydrogens (tertiary/aromatic N) is 1. The van der Waals surface area contributed by atoms with Crippen LogP contribution in [0.2, 0.25) is 0 Å². The number of terminal acetylenes is 1. The van der Waals surface area contributed by atoms with E-state index in [0.717, 1.165) is 0 Å². The number of carbonyl (C=O) groups excluding carboxylic acids is 1. The number of fused-ring (bicyclic) bond motifs is 1. The largest absolute Gasteiger partial charge is 0.481 e. The van der Waals surface area contributed by atoms with E-state index in [4.69, 9.17) is 11.2 Å². The molecule has 0 bridgehead atoms. The summed E-state index contributed by atoms with van der Waals surface area (Å²) in [5.41, 5.74) is 0.656. The first-order valence-electron chi connectivity index (χ1n) is 6.04. The second-order valence-electron chi connectivity index (χ2n) is 4.19. The predicted molar refractivity (Wildman–Crippen MR) is 73.8 cm³/mol. The molecule has 0 atom stereocenters. The normalized spacial score (nSPS) is 12.7. The first-order valence-corrected chi connectivity index (χ1v) is 6.04. The van der Waals surface area contributed by atoms with E-state index in [1.807, 2.05) is 0 Å². The molecule has 0 fully saturated rings. The van der Waals surface area contributed by atoms with Crippen molar-refractivity contribution in [3.05, 3.63) is 22.2 Å². The number of nitro benzene ring substituents is 1. The number of carbonyl (C=O) groups is 1. The van der Waals surface area contributed by atoms with Gasteiger partial charge in [0.2, 0.25) is 0 Å². The van der Waals surface area contributed by atoms with E-state index >= 15 is 0 Å². The van der Waals surface area contributed by atoms with Crippen molar-refractivity contribution < 1.29 is 14.5 Å². The number of nitrogens with one attached hydrogen (secondary N) is 2. The van der Waals surface area contributed by atoms with Crippen molar-refractivity contribution in [2.45, 2.75) is 12.8 Å². The third kappa shape index (κ3) is 2.98. The maximum atomic E-state index is 11.2. The minimum Gasteiger partial charge on any atom is -0.481 e. The monoisotopic (exact) mass is 275 g/mol. The van der Waals surface area contributed by atoms with Crippen molar-refractivity contribution in [3.63, 3.8) is 0 Å². The summed E-state index contributed by atoms with van der Waals surface area (Å²) in [6.07, 6.45) is 6.43. The van der Waals surface area contributed by atoms with E-state index in [9.17, 15) is 14.9 Å². The highest BCUT2D eigenvalue weighted by Crippen LogP contribution is 2.37. The summed E-state index contributed by atoms with van der Waals surface area (Å²) in [5, 5.41) is 16.6. The van der Waals surface area contributed by atoms with Crippen LogP contribution in [0.3, 0.4) is 0 Å². The zero-order chi connectivity index (χ0) is 14.5. The number of amides is 1. The Bertz CT molecular complexity index is 592. The standard InChI is InChI=1S/C13H13N3O4/c1-2-3-4-5-14-9-6-10-12(7-11(9)16(18)19)20-8-13(17)15-10/h1,6-7,14H,3-5,8H2,(H,15,17). The molecule has 0 saturated carbocycles. The van der Waals surface area contributed by atoms with Crippen molar-refractivity contribution in [1.82, 2.24) is 0 Å². The first-order chi connectivity index (χ1) is 9.61. The number of ether oxygens (including phenoxy) is 1. The van der Waals surface area contributed by atoms with Crippen LogP contribution >= 0.6 is 0 Å². The summed E-state index contributed by atoms with van der Waals surface area (Å²) in [7, 11) is 0. The van der Waals surface area contributed by atoms with Crippen molar-refractivity contribution in [2.75, 3.05) is 23.8 Å². The summed E-state index contributed by atoms with van der Waals surface area (Å²) < 4.78 is 5.15. The second kappa shape index (κ2) is 5.93. The lowest BCUT2D eigenvalue weighted by Gasteiger charge is -2.19. The van der Waals surface area contributed by atoms with Crippen LogP contribution in [0, 0.1) is 22.5 Å². The molecule has 7 heteroatoms. The molecule has 2 rings (SSSR count). The van der Waals surface area contributed by atoms with Gasteiger partial charge in [-0.05, 0) is 12.5 Å². The zero-order valence-corrected chi connectivity index (χ0v) is 10.6. The minimum absolute atomic E-state index is 0.0967. The number of hydrogen-bond donors (Lipinski definition) is 2. The van der Waals surface area contributed by atoms with Gasteiger partial charge in [-0.2, -0.15) is 0 Å². The summed E-state index contributed by atoms with van der Waals surface area (Å²) in [5.74, 6) is 2.51. The Hall–Kier alpha value is -2.75. The van der Waals surface area contributed by atoms with Crippen molar-refractivity contribution in [3.8, 4) is 18.1 Å². The number of benzene rings is 1. The van der Waals surface area contributed by atoms with Gasteiger partial charge in [0.05, 0.1) is 16.7 Å². The molecule has 7 nitrogen and oxygen atoms in total. The highest BCUT2D eigenvalue weighted by Gasteiger charge is 2.23. The van der Waals surface area contributed by atoms with Gasteiger partial charge in [0, 0.05) is 13.0 Å². The van der Waals surface area contributed by atoms with Crippen molar-refractivity contribution in [2.24, 2.45) is 0 Å². The van der Waals surface area contributed by atoms with E-state index in [1.165, 1.54) is 12.1 Å². The van der Waals surface area contributed by atoms with E-state index < -0.39 is 4.92 Å². The topological polar surface area (TPSA) is 93.5 Å². The predicted octanol–water partition coefficient (Wildman–Crippen LogP) is 1.75. The van der Waals surface area contributed by atoms with Gasteiger partial charge in [0.1, 0.15) is 5.69 Å². The number of unbranched alkanes of at least 4 members (excludes halogenated alkanes) is 1. The molecule has 104 valence electrons. The van der Waals surface area contributed by atoms with E-state index in [1.54, 1.807) is 0 Å². The van der Waals surface area contributed by atoms with Crippen LogP contribution in [0.15, 0.2) is 12.1 Å². The lowest BCUT2D eigenvalue weighted by Crippen LogP contribution is -2.25. The molecule has 0 radical (unpaired) electrons. The average Bonchev–Trinajstić information content (AvgIpc) is 2.42. The molecule has 2 N–H and O–H groups in total. The lowest BCUT2D eigenvalue weighted by molar-refractivity contribution is -0.384. The average molecular weight is 275 g/mol. The van der Waals surface area contributed by atoms with Gasteiger partial charge in [-0.15, -0.1) is 12.3 Å². The molecule has 0 aromatic heterocycles. The molecule has 0 spiro atoms. The van der Waals surface area contributed by atoms with Crippen LogP contribution in [0.5, 0.6) is 5.75 Å². The number of hydrogen-bond acceptors (Lipinski definition) is 5. The molecule has 1 aliphatic heterocycles. The second-order valence-corrected chi connectivity index (χ2v) is 4.19. The maximum absolute atomic E-state index is 11.2. The van der Waals surface area contributed by atoms with Crippen molar-refractivity contribution in [1.29, 1.82) is 0 Å². The maximum Gasteiger partial charge on any atom is 0.296 e. The number of rotatable bonds is 5. The minimum atomic E-state index is -0.496. The quantitative estimate of drug-likeness (QED) is 0.369. The Balaban J connectivity index is 2.24. The van der Waals surface area contributed by atoms with E-state index in [0.29, 0.717) is 36.5 Å². The summed E-state index contributed by atoms with van der Waals surface area (Å²) in [6, 6.07) is 2.80. The Labute approximate surface area is 115 Å². The van der Waals surface area contributed by atoms with Gasteiger partial charge in [-0.1, -0.05) is 0 Å². The zero-order valence-electron chi connectivity index (χ0n) is 10.6. The van der Waals surface area contributed by atoms with Crippen LogP contribution in [0.1, 0.15) is 12.8 Å². The fraction of sp³-hybridized carbons (Fsp3) is 0.308. The Morgan fingerprint density at radius 3 is 3.05 bits per heavy atom. The van der Waals surface area contributed by atoms with Gasteiger partial charge in [0.25, 0.3) is 11.6 Å². The molecule has 1 aliphatic rings. The first kappa shape index (κ1) is 13.7. The highest BCUT2D eigenvalue weighted by molar-refractivity contribution is 5.96. The Morgan fingerprint density at radius 1 is 1.55 bits per heavy atom. The summed E-state index contributed by atoms with van der Waals surface area (Å²) >= 11 is 0. The highest BCUT2D eigenvalue weighted by atomic mass is 16.6. The molecule has 1 aromatic carbocycles. The van der Waals surface area contributed by atoms with E-state index in [-0.39, 0.29) is 18.2 Å². The number of nitro groups is 1. The van der Waals surface area contributed by atoms with Gasteiger partial charge in [-0.3, -0.25) is 14.9 Å². The van der Waals surface area contributed by atoms with Crippen LogP contribution in [-0.2, 0) is 4.79 Å². The fourth-order valence-corrected chi connectivity index (χ4v) is 1.82. The van der Waals surface area contributed by atoms with E-state index in [2.05, 4.69) is 16.6 Å². The smallest absolute Gasteiger partial charge is 0.296 e. The third-order valence-corrected chi connectivity index (χ3v) is 2.74. The third-order valence-electron chi connectivity index (χ3n) is 2.74. The van der Waals surface area contributed by atoms with Crippen LogP contribution in [0.4, 0.5) is 17.1 Å². The van der Waals surface area contributed by atoms with Gasteiger partial charge in [0.15, 0.2) is 12.4 Å². The molecule has 1 heterocycles. The Morgan fingerprint density at radius 2 is 2.35 bits per heavy atom. The number of anilines is 2. The molecule has 0 saturated heterocycles. The molecular weight excluding hydrogens is 262 g/mol. The molecule has 1 aromatic rings. The van der Waals surface area contributed by atoms with Gasteiger partial charge >= 0.3 is 0 Å². The van der Waals surface area contributed by atoms with Gasteiger partial charge in [-0.25, -0.2) is 0 Å². The molecule has 20 heavy (non-hydrogen) atoms. The van der Waals surface area contributed by atoms with Gasteiger partial charge < -0.3 is 15.4 Å². The molecule has 1 amide bonds. The van der Waals surface area contributed by atoms with Crippen molar-refractivity contribution >= 4 is 23.0 Å². The van der Waals surface area contributed by atoms with Crippen LogP contribution in [0.25, 0.3) is 0 Å². The van der Waals surface area contributed by atoms with Crippen LogP contribution in [-0.4, -0.2) is 24.0 Å². The SMILES string of the molecule is C#CCCCNc1cc2c(cc1[N+](=O)[O-])OCC(=O)N2.